The summed E-state index contributed by atoms with van der Waals surface area (Å²) in [5, 5.41) is 0. The maximum atomic E-state index is 12.8. The van der Waals surface area contributed by atoms with Crippen molar-refractivity contribution in [3.63, 3.8) is 0 Å². The molecule has 0 atom stereocenters. The third kappa shape index (κ3) is 2.87. The van der Waals surface area contributed by atoms with Gasteiger partial charge in [-0.05, 0) is 17.5 Å². The number of nitrogens with zero attached hydrogens (tertiary/aromatic N) is 2. The van der Waals surface area contributed by atoms with Crippen LogP contribution in [0, 0.1) is 5.92 Å². The molecule has 3 aliphatic heterocycles. The summed E-state index contributed by atoms with van der Waals surface area (Å²) in [4.78, 5) is 2.69. The van der Waals surface area contributed by atoms with Gasteiger partial charge in [-0.15, -0.1) is 0 Å². The number of sulfonamides is 1. The molecule has 2 saturated heterocycles. The molecule has 0 bridgehead atoms. The summed E-state index contributed by atoms with van der Waals surface area (Å²) in [6.45, 7) is 6.18. The molecule has 3 aliphatic rings. The van der Waals surface area contributed by atoms with Gasteiger partial charge < -0.3 is 9.47 Å². The van der Waals surface area contributed by atoms with Crippen LogP contribution in [0.15, 0.2) is 23.1 Å². The molecule has 0 aromatic heterocycles. The fourth-order valence-corrected chi connectivity index (χ4v) is 5.28. The summed E-state index contributed by atoms with van der Waals surface area (Å²) in [5.74, 6) is 0.977. The van der Waals surface area contributed by atoms with Gasteiger partial charge in [-0.2, -0.15) is 4.31 Å². The van der Waals surface area contributed by atoms with Gasteiger partial charge in [-0.1, -0.05) is 12.1 Å². The number of para-hydroxylation sites is 1. The van der Waals surface area contributed by atoms with Gasteiger partial charge in [0.05, 0.1) is 19.8 Å². The van der Waals surface area contributed by atoms with E-state index in [0.717, 1.165) is 44.8 Å². The average Bonchev–Trinajstić information content (AvgIpc) is 2.99. The third-order valence-electron chi connectivity index (χ3n) is 4.84. The van der Waals surface area contributed by atoms with Crippen LogP contribution in [0.4, 0.5) is 0 Å². The molecular formula is C16H22N2O4S. The first-order valence-corrected chi connectivity index (χ1v) is 9.63. The lowest BCUT2D eigenvalue weighted by molar-refractivity contribution is 0.0192. The van der Waals surface area contributed by atoms with Crippen LogP contribution in [-0.2, 0) is 21.2 Å². The smallest absolute Gasteiger partial charge is 0.246 e. The molecule has 0 radical (unpaired) electrons. The Labute approximate surface area is 137 Å². The average molecular weight is 338 g/mol. The van der Waals surface area contributed by atoms with Gasteiger partial charge in [0.2, 0.25) is 10.0 Å². The van der Waals surface area contributed by atoms with E-state index in [9.17, 15) is 8.42 Å². The number of rotatable bonds is 4. The Kier molecular flexibility index (Phi) is 4.05. The predicted molar refractivity (Wildman–Crippen MR) is 85.1 cm³/mol. The van der Waals surface area contributed by atoms with E-state index in [1.807, 2.05) is 12.1 Å². The second-order valence-corrected chi connectivity index (χ2v) is 8.35. The van der Waals surface area contributed by atoms with Crippen molar-refractivity contribution in [1.82, 2.24) is 9.21 Å². The van der Waals surface area contributed by atoms with Gasteiger partial charge in [0, 0.05) is 39.1 Å². The van der Waals surface area contributed by atoms with Gasteiger partial charge >= 0.3 is 0 Å². The first-order valence-electron chi connectivity index (χ1n) is 8.19. The third-order valence-corrected chi connectivity index (χ3v) is 6.70. The lowest BCUT2D eigenvalue weighted by Crippen LogP contribution is -2.54. The van der Waals surface area contributed by atoms with Crippen molar-refractivity contribution in [3.05, 3.63) is 23.8 Å². The van der Waals surface area contributed by atoms with E-state index >= 15 is 0 Å². The Morgan fingerprint density at radius 3 is 2.70 bits per heavy atom. The minimum Gasteiger partial charge on any atom is -0.492 e. The van der Waals surface area contributed by atoms with Crippen LogP contribution in [0.25, 0.3) is 0 Å². The molecule has 1 aromatic carbocycles. The number of hydrogen-bond donors (Lipinski definition) is 0. The van der Waals surface area contributed by atoms with Crippen LogP contribution in [0.5, 0.6) is 5.75 Å². The largest absolute Gasteiger partial charge is 0.492 e. The lowest BCUT2D eigenvalue weighted by atomic mass is 10.0. The van der Waals surface area contributed by atoms with Crippen molar-refractivity contribution >= 4 is 10.0 Å². The van der Waals surface area contributed by atoms with Crippen molar-refractivity contribution in [1.29, 1.82) is 0 Å². The van der Waals surface area contributed by atoms with Crippen molar-refractivity contribution in [2.45, 2.75) is 11.3 Å². The van der Waals surface area contributed by atoms with Gasteiger partial charge in [-0.25, -0.2) is 8.42 Å². The molecule has 3 heterocycles. The normalized spacial score (nSPS) is 23.3. The fraction of sp³-hybridized carbons (Fsp3) is 0.625. The number of hydrogen-bond acceptors (Lipinski definition) is 5. The number of fused-ring (bicyclic) bond motifs is 1. The molecule has 23 heavy (non-hydrogen) atoms. The van der Waals surface area contributed by atoms with E-state index in [1.54, 1.807) is 10.4 Å². The Balaban J connectivity index is 1.42. The highest BCUT2D eigenvalue weighted by Gasteiger charge is 2.39. The Bertz CT molecular complexity index is 679. The first kappa shape index (κ1) is 15.4. The van der Waals surface area contributed by atoms with E-state index in [0.29, 0.717) is 36.3 Å². The Hall–Kier alpha value is -1.15. The fourth-order valence-electron chi connectivity index (χ4n) is 3.51. The van der Waals surface area contributed by atoms with Crippen molar-refractivity contribution < 1.29 is 17.9 Å². The molecule has 1 aromatic rings. The Morgan fingerprint density at radius 1 is 1.13 bits per heavy atom. The first-order chi connectivity index (χ1) is 11.1. The topological polar surface area (TPSA) is 59.1 Å². The number of ether oxygens (including phenoxy) is 2. The molecule has 7 heteroatoms. The summed E-state index contributed by atoms with van der Waals surface area (Å²) in [6.07, 6.45) is 0.790. The number of morpholine rings is 1. The molecule has 6 nitrogen and oxygen atoms in total. The van der Waals surface area contributed by atoms with E-state index in [1.165, 1.54) is 0 Å². The molecular weight excluding hydrogens is 316 g/mol. The highest BCUT2D eigenvalue weighted by atomic mass is 32.2. The minimum atomic E-state index is -3.44. The quantitative estimate of drug-likeness (QED) is 0.803. The summed E-state index contributed by atoms with van der Waals surface area (Å²) in [7, 11) is -3.44. The van der Waals surface area contributed by atoms with Gasteiger partial charge in [0.25, 0.3) is 0 Å². The maximum Gasteiger partial charge on any atom is 0.246 e. The molecule has 2 fully saturated rings. The van der Waals surface area contributed by atoms with Crippen molar-refractivity contribution in [2.75, 3.05) is 52.5 Å². The van der Waals surface area contributed by atoms with E-state index in [2.05, 4.69) is 4.90 Å². The predicted octanol–water partition coefficient (Wildman–Crippen LogP) is 0.574. The second kappa shape index (κ2) is 6.05. The van der Waals surface area contributed by atoms with E-state index < -0.39 is 10.0 Å². The van der Waals surface area contributed by atoms with Crippen LogP contribution in [-0.4, -0.2) is 70.2 Å². The second-order valence-electron chi connectivity index (χ2n) is 6.44. The number of benzene rings is 1. The zero-order valence-electron chi connectivity index (χ0n) is 13.1. The van der Waals surface area contributed by atoms with E-state index in [4.69, 9.17) is 9.47 Å². The molecule has 0 spiro atoms. The maximum absolute atomic E-state index is 12.8. The van der Waals surface area contributed by atoms with Crippen molar-refractivity contribution in [2.24, 2.45) is 5.92 Å². The van der Waals surface area contributed by atoms with Crippen LogP contribution in [0.2, 0.25) is 0 Å². The summed E-state index contributed by atoms with van der Waals surface area (Å²) in [5.41, 5.74) is 0.997. The summed E-state index contributed by atoms with van der Waals surface area (Å²) < 4.78 is 38.1. The summed E-state index contributed by atoms with van der Waals surface area (Å²) in [6, 6.07) is 5.42. The highest BCUT2D eigenvalue weighted by molar-refractivity contribution is 7.89. The molecule has 0 saturated carbocycles. The molecule has 126 valence electrons. The van der Waals surface area contributed by atoms with Crippen molar-refractivity contribution in [3.8, 4) is 5.75 Å². The summed E-state index contributed by atoms with van der Waals surface area (Å²) >= 11 is 0. The van der Waals surface area contributed by atoms with Gasteiger partial charge in [0.1, 0.15) is 10.6 Å². The van der Waals surface area contributed by atoms with Gasteiger partial charge in [0.15, 0.2) is 0 Å². The SMILES string of the molecule is O=S(=O)(c1cccc2c1OCC2)N1CC(CN2CCOCC2)C1. The van der Waals surface area contributed by atoms with E-state index in [-0.39, 0.29) is 0 Å². The molecule has 0 N–H and O–H groups in total. The zero-order valence-corrected chi connectivity index (χ0v) is 13.9. The lowest BCUT2D eigenvalue weighted by Gasteiger charge is -2.41. The highest BCUT2D eigenvalue weighted by Crippen LogP contribution is 2.36. The zero-order chi connectivity index (χ0) is 15.9. The minimum absolute atomic E-state index is 0.331. The monoisotopic (exact) mass is 338 g/mol. The van der Waals surface area contributed by atoms with Crippen LogP contribution in [0.1, 0.15) is 5.56 Å². The molecule has 0 aliphatic carbocycles. The van der Waals surface area contributed by atoms with Gasteiger partial charge in [-0.3, -0.25) is 4.90 Å². The molecule has 0 unspecified atom stereocenters. The van der Waals surface area contributed by atoms with Crippen LogP contribution < -0.4 is 4.74 Å². The van der Waals surface area contributed by atoms with Crippen LogP contribution in [0.3, 0.4) is 0 Å². The standard InChI is InChI=1S/C16H22N2O4S/c19-23(20,15-3-1-2-14-4-7-22-16(14)15)18-11-13(12-18)10-17-5-8-21-9-6-17/h1-3,13H,4-12H2. The van der Waals surface area contributed by atoms with Crippen LogP contribution >= 0.6 is 0 Å². The Morgan fingerprint density at radius 2 is 1.91 bits per heavy atom. The molecule has 4 rings (SSSR count). The molecule has 0 amide bonds.